The molecule has 4 aliphatic rings. The van der Waals surface area contributed by atoms with Gasteiger partial charge in [0.1, 0.15) is 5.78 Å². The molecule has 4 unspecified atom stereocenters. The molecule has 0 radical (unpaired) electrons. The van der Waals surface area contributed by atoms with Crippen LogP contribution in [-0.4, -0.2) is 5.78 Å². The normalized spacial score (nSPS) is 48.5. The average molecular weight is 160 g/mol. The van der Waals surface area contributed by atoms with Crippen LogP contribution in [-0.2, 0) is 4.79 Å². The Labute approximate surface area is 72.2 Å². The van der Waals surface area contributed by atoms with Gasteiger partial charge in [-0.2, -0.15) is 0 Å². The van der Waals surface area contributed by atoms with Crippen molar-refractivity contribution in [3.63, 3.8) is 0 Å². The van der Waals surface area contributed by atoms with E-state index in [1.54, 1.807) is 0 Å². The maximum absolute atomic E-state index is 11.8. The molecule has 0 N–H and O–H groups in total. The van der Waals surface area contributed by atoms with Gasteiger partial charge in [0.05, 0.1) is 0 Å². The predicted octanol–water partition coefficient (Wildman–Crippen LogP) is 1.95. The Morgan fingerprint density at radius 2 is 2.17 bits per heavy atom. The summed E-state index contributed by atoms with van der Waals surface area (Å²) < 4.78 is 0. The maximum atomic E-state index is 11.8. The minimum Gasteiger partial charge on any atom is -0.298 e. The Morgan fingerprint density at radius 1 is 1.25 bits per heavy atom. The van der Waals surface area contributed by atoms with Gasteiger partial charge in [0.25, 0.3) is 0 Å². The summed E-state index contributed by atoms with van der Waals surface area (Å²) in [5.74, 6) is 2.30. The summed E-state index contributed by atoms with van der Waals surface area (Å²) in [7, 11) is 0. The van der Waals surface area contributed by atoms with Crippen LogP contribution in [0.1, 0.15) is 12.8 Å². The number of carbonyl (C=O) groups excluding carboxylic acids is 1. The van der Waals surface area contributed by atoms with E-state index in [9.17, 15) is 4.79 Å². The van der Waals surface area contributed by atoms with Crippen molar-refractivity contribution in [3.8, 4) is 0 Å². The van der Waals surface area contributed by atoms with E-state index in [1.165, 1.54) is 0 Å². The second-order valence-corrected chi connectivity index (χ2v) is 4.15. The van der Waals surface area contributed by atoms with E-state index in [2.05, 4.69) is 24.3 Å². The lowest BCUT2D eigenvalue weighted by Crippen LogP contribution is -2.32. The number of Topliss-reactive ketones (excluding diaryl/α,β-unsaturated/α-hetero) is 1. The van der Waals surface area contributed by atoms with Crippen LogP contribution >= 0.6 is 0 Å². The highest BCUT2D eigenvalue weighted by Gasteiger charge is 2.44. The average Bonchev–Trinajstić information content (AvgIpc) is 2.27. The molecule has 12 heavy (non-hydrogen) atoms. The van der Waals surface area contributed by atoms with E-state index in [-0.39, 0.29) is 11.8 Å². The number of carbonyl (C=O) groups is 1. The number of rotatable bonds is 0. The van der Waals surface area contributed by atoms with Crippen LogP contribution in [0.15, 0.2) is 24.3 Å². The highest BCUT2D eigenvalue weighted by atomic mass is 16.1. The van der Waals surface area contributed by atoms with Crippen LogP contribution in [0.5, 0.6) is 0 Å². The predicted molar refractivity (Wildman–Crippen MR) is 46.5 cm³/mol. The van der Waals surface area contributed by atoms with Gasteiger partial charge in [-0.15, -0.1) is 0 Å². The van der Waals surface area contributed by atoms with Gasteiger partial charge in [-0.25, -0.2) is 0 Å². The molecule has 0 heterocycles. The first kappa shape index (κ1) is 6.64. The molecule has 0 spiro atoms. The lowest BCUT2D eigenvalue weighted by atomic mass is 9.73. The third-order valence-corrected chi connectivity index (χ3v) is 3.57. The lowest BCUT2D eigenvalue weighted by molar-refractivity contribution is -0.127. The van der Waals surface area contributed by atoms with Crippen LogP contribution in [0.25, 0.3) is 0 Å². The highest BCUT2D eigenvalue weighted by molar-refractivity contribution is 5.89. The van der Waals surface area contributed by atoms with Gasteiger partial charge in [0.2, 0.25) is 0 Å². The standard InChI is InChI=1S/C11H12O/c12-11-8-2-1-3-9-7(6-8)4-5-10(9)11/h1-2,4-5,7-10H,3,6H2. The van der Waals surface area contributed by atoms with E-state index in [1.807, 2.05) is 0 Å². The molecule has 0 aromatic rings. The maximum Gasteiger partial charge on any atom is 0.146 e. The van der Waals surface area contributed by atoms with Crippen LogP contribution in [0.3, 0.4) is 0 Å². The van der Waals surface area contributed by atoms with Gasteiger partial charge in [0.15, 0.2) is 0 Å². The minimum absolute atomic E-state index is 0.244. The summed E-state index contributed by atoms with van der Waals surface area (Å²) in [6, 6.07) is 0. The van der Waals surface area contributed by atoms with Crippen molar-refractivity contribution in [2.75, 3.05) is 0 Å². The van der Waals surface area contributed by atoms with Crippen molar-refractivity contribution in [2.45, 2.75) is 12.8 Å². The van der Waals surface area contributed by atoms with Gasteiger partial charge < -0.3 is 0 Å². The molecule has 1 nitrogen and oxygen atoms in total. The molecule has 4 aliphatic carbocycles. The SMILES string of the molecule is O=C1C2C=CCC3C(C=CC13)C2. The van der Waals surface area contributed by atoms with E-state index in [4.69, 9.17) is 0 Å². The molecule has 4 rings (SSSR count). The van der Waals surface area contributed by atoms with Gasteiger partial charge in [-0.05, 0) is 24.7 Å². The van der Waals surface area contributed by atoms with Crippen LogP contribution in [0.4, 0.5) is 0 Å². The summed E-state index contributed by atoms with van der Waals surface area (Å²) in [6.45, 7) is 0. The smallest absolute Gasteiger partial charge is 0.146 e. The molecule has 0 amide bonds. The van der Waals surface area contributed by atoms with Gasteiger partial charge >= 0.3 is 0 Å². The molecule has 0 aromatic carbocycles. The highest BCUT2D eigenvalue weighted by Crippen LogP contribution is 2.46. The third kappa shape index (κ3) is 0.669. The Morgan fingerprint density at radius 3 is 3.08 bits per heavy atom. The topological polar surface area (TPSA) is 17.1 Å². The third-order valence-electron chi connectivity index (χ3n) is 3.57. The zero-order chi connectivity index (χ0) is 8.13. The molecular formula is C11H12O. The largest absolute Gasteiger partial charge is 0.298 e. The first-order valence-electron chi connectivity index (χ1n) is 4.75. The Bertz CT molecular complexity index is 287. The van der Waals surface area contributed by atoms with Crippen molar-refractivity contribution < 1.29 is 4.79 Å². The first-order valence-corrected chi connectivity index (χ1v) is 4.75. The molecule has 1 fully saturated rings. The van der Waals surface area contributed by atoms with Gasteiger partial charge in [-0.1, -0.05) is 24.3 Å². The van der Waals surface area contributed by atoms with Crippen molar-refractivity contribution in [2.24, 2.45) is 23.7 Å². The number of fused-ring (bicyclic) bond motifs is 1. The zero-order valence-corrected chi connectivity index (χ0v) is 6.94. The summed E-state index contributed by atoms with van der Waals surface area (Å²) in [6.07, 6.45) is 10.9. The molecule has 62 valence electrons. The number of allylic oxidation sites excluding steroid dienone is 4. The second-order valence-electron chi connectivity index (χ2n) is 4.15. The summed E-state index contributed by atoms with van der Waals surface area (Å²) in [5.41, 5.74) is 0. The van der Waals surface area contributed by atoms with Crippen LogP contribution < -0.4 is 0 Å². The summed E-state index contributed by atoms with van der Waals surface area (Å²) in [5, 5.41) is 0. The fourth-order valence-corrected chi connectivity index (χ4v) is 2.92. The fraction of sp³-hybridized carbons (Fsp3) is 0.545. The molecule has 0 aromatic heterocycles. The number of ketones is 1. The van der Waals surface area contributed by atoms with E-state index in [0.29, 0.717) is 17.6 Å². The Balaban J connectivity index is 2.10. The molecule has 4 bridgehead atoms. The molecular weight excluding hydrogens is 148 g/mol. The minimum atomic E-state index is 0.244. The molecule has 1 heteroatoms. The molecule has 0 aliphatic heterocycles. The van der Waals surface area contributed by atoms with E-state index in [0.717, 1.165) is 12.8 Å². The lowest BCUT2D eigenvalue weighted by Gasteiger charge is -2.29. The van der Waals surface area contributed by atoms with Gasteiger partial charge in [-0.3, -0.25) is 4.79 Å². The van der Waals surface area contributed by atoms with Crippen molar-refractivity contribution in [3.05, 3.63) is 24.3 Å². The van der Waals surface area contributed by atoms with Crippen molar-refractivity contribution in [1.29, 1.82) is 0 Å². The first-order chi connectivity index (χ1) is 5.86. The van der Waals surface area contributed by atoms with Crippen LogP contribution in [0, 0.1) is 23.7 Å². The van der Waals surface area contributed by atoms with E-state index >= 15 is 0 Å². The van der Waals surface area contributed by atoms with E-state index < -0.39 is 0 Å². The molecule has 4 atom stereocenters. The quantitative estimate of drug-likeness (QED) is 0.495. The number of hydrogen-bond acceptors (Lipinski definition) is 1. The van der Waals surface area contributed by atoms with Crippen molar-refractivity contribution >= 4 is 5.78 Å². The second kappa shape index (κ2) is 2.09. The van der Waals surface area contributed by atoms with Gasteiger partial charge in [0, 0.05) is 11.8 Å². The molecule has 0 saturated heterocycles. The van der Waals surface area contributed by atoms with Crippen LogP contribution in [0.2, 0.25) is 0 Å². The fourth-order valence-electron chi connectivity index (χ4n) is 2.92. The molecule has 1 saturated carbocycles. The van der Waals surface area contributed by atoms with Crippen molar-refractivity contribution in [1.82, 2.24) is 0 Å². The Kier molecular flexibility index (Phi) is 1.16. The summed E-state index contributed by atoms with van der Waals surface area (Å²) in [4.78, 5) is 11.8. The Hall–Kier alpha value is -0.850. The summed E-state index contributed by atoms with van der Waals surface area (Å²) >= 11 is 0. The zero-order valence-electron chi connectivity index (χ0n) is 6.94. The number of hydrogen-bond donors (Lipinski definition) is 0. The monoisotopic (exact) mass is 160 g/mol.